The maximum atomic E-state index is 13.5. The average molecular weight is 555 g/mol. The molecule has 3 rings (SSSR count). The first-order valence-electron chi connectivity index (χ1n) is 10.9. The lowest BCUT2D eigenvalue weighted by molar-refractivity contribution is -0.137. The number of carbonyl (C=O) groups is 2. The van der Waals surface area contributed by atoms with Gasteiger partial charge in [-0.25, -0.2) is 13.2 Å². The maximum Gasteiger partial charge on any atom is 0.417 e. The van der Waals surface area contributed by atoms with Crippen molar-refractivity contribution < 1.29 is 35.9 Å². The SMILES string of the molecule is CCOC(=O)c1cccc(NC(=O)CN(c2ccc(Cl)c(C(F)(F)F)c2)S(=O)(=O)c2ccccc2)c1C. The first kappa shape index (κ1) is 28.0. The number of sulfonamides is 1. The molecule has 196 valence electrons. The highest BCUT2D eigenvalue weighted by atomic mass is 35.5. The van der Waals surface area contributed by atoms with Crippen LogP contribution in [0.1, 0.15) is 28.4 Å². The predicted octanol–water partition coefficient (Wildman–Crippen LogP) is 5.68. The van der Waals surface area contributed by atoms with Gasteiger partial charge in [0, 0.05) is 5.69 Å². The molecule has 0 saturated heterocycles. The zero-order chi connectivity index (χ0) is 27.4. The number of rotatable bonds is 8. The van der Waals surface area contributed by atoms with Crippen LogP contribution in [0.4, 0.5) is 24.5 Å². The summed E-state index contributed by atoms with van der Waals surface area (Å²) < 4.78 is 72.9. The Hall–Kier alpha value is -3.57. The molecule has 0 aliphatic heterocycles. The fourth-order valence-corrected chi connectivity index (χ4v) is 5.10. The zero-order valence-electron chi connectivity index (χ0n) is 19.7. The monoisotopic (exact) mass is 554 g/mol. The summed E-state index contributed by atoms with van der Waals surface area (Å²) in [7, 11) is -4.47. The number of amides is 1. The molecule has 0 bridgehead atoms. The van der Waals surface area contributed by atoms with Crippen LogP contribution in [0.3, 0.4) is 0 Å². The molecule has 0 aliphatic rings. The third kappa shape index (κ3) is 6.41. The fourth-order valence-electron chi connectivity index (χ4n) is 3.44. The van der Waals surface area contributed by atoms with Gasteiger partial charge in [-0.3, -0.25) is 9.10 Å². The summed E-state index contributed by atoms with van der Waals surface area (Å²) in [4.78, 5) is 24.9. The van der Waals surface area contributed by atoms with Crippen molar-refractivity contribution in [2.45, 2.75) is 24.9 Å². The number of benzene rings is 3. The molecule has 1 amide bonds. The van der Waals surface area contributed by atoms with Gasteiger partial charge in [0.15, 0.2) is 0 Å². The Morgan fingerprint density at radius 3 is 2.32 bits per heavy atom. The molecular formula is C25H22ClF3N2O5S. The van der Waals surface area contributed by atoms with E-state index in [-0.39, 0.29) is 22.8 Å². The van der Waals surface area contributed by atoms with Crippen LogP contribution in [0.15, 0.2) is 71.6 Å². The number of carbonyl (C=O) groups excluding carboxylic acids is 2. The van der Waals surface area contributed by atoms with Crippen LogP contribution >= 0.6 is 11.6 Å². The van der Waals surface area contributed by atoms with Gasteiger partial charge in [0.2, 0.25) is 5.91 Å². The minimum atomic E-state index is -4.86. The van der Waals surface area contributed by atoms with Gasteiger partial charge in [-0.15, -0.1) is 0 Å². The number of nitrogens with one attached hydrogen (secondary N) is 1. The Morgan fingerprint density at radius 1 is 1.03 bits per heavy atom. The molecular weight excluding hydrogens is 533 g/mol. The van der Waals surface area contributed by atoms with Crippen LogP contribution in [-0.2, 0) is 25.7 Å². The van der Waals surface area contributed by atoms with E-state index in [1.165, 1.54) is 42.5 Å². The number of hydrogen-bond donors (Lipinski definition) is 1. The maximum absolute atomic E-state index is 13.5. The number of alkyl halides is 3. The van der Waals surface area contributed by atoms with Crippen LogP contribution in [-0.4, -0.2) is 33.4 Å². The summed E-state index contributed by atoms with van der Waals surface area (Å²) in [5.41, 5.74) is -0.885. The molecule has 12 heteroatoms. The van der Waals surface area contributed by atoms with E-state index in [2.05, 4.69) is 5.32 Å². The Bertz CT molecular complexity index is 1410. The Balaban J connectivity index is 2.02. The molecule has 0 saturated carbocycles. The van der Waals surface area contributed by atoms with Gasteiger partial charge in [0.1, 0.15) is 6.54 Å². The molecule has 0 unspecified atom stereocenters. The van der Waals surface area contributed by atoms with Gasteiger partial charge in [-0.1, -0.05) is 35.9 Å². The topological polar surface area (TPSA) is 92.8 Å². The normalized spacial score (nSPS) is 11.6. The Labute approximate surface area is 216 Å². The number of halogens is 4. The van der Waals surface area contributed by atoms with E-state index in [1.807, 2.05) is 0 Å². The second kappa shape index (κ2) is 11.2. The fraction of sp³-hybridized carbons (Fsp3) is 0.200. The molecule has 1 N–H and O–H groups in total. The summed E-state index contributed by atoms with van der Waals surface area (Å²) in [5.74, 6) is -1.46. The molecule has 7 nitrogen and oxygen atoms in total. The summed E-state index contributed by atoms with van der Waals surface area (Å²) in [6.45, 7) is 2.48. The smallest absolute Gasteiger partial charge is 0.417 e. The minimum Gasteiger partial charge on any atom is -0.462 e. The molecule has 0 aliphatic carbocycles. The first-order valence-corrected chi connectivity index (χ1v) is 12.7. The van der Waals surface area contributed by atoms with E-state index in [1.54, 1.807) is 19.9 Å². The lowest BCUT2D eigenvalue weighted by atomic mass is 10.1. The van der Waals surface area contributed by atoms with Gasteiger partial charge >= 0.3 is 12.1 Å². The Kier molecular flexibility index (Phi) is 8.49. The van der Waals surface area contributed by atoms with Gasteiger partial charge in [0.05, 0.1) is 33.3 Å². The van der Waals surface area contributed by atoms with Crippen LogP contribution in [0, 0.1) is 6.92 Å². The molecule has 0 spiro atoms. The summed E-state index contributed by atoms with van der Waals surface area (Å²) in [5, 5.41) is 1.91. The second-order valence-corrected chi connectivity index (χ2v) is 10.0. The van der Waals surface area contributed by atoms with Crippen molar-refractivity contribution in [1.82, 2.24) is 0 Å². The third-order valence-corrected chi connectivity index (χ3v) is 7.38. The largest absolute Gasteiger partial charge is 0.462 e. The van der Waals surface area contributed by atoms with E-state index in [9.17, 15) is 31.2 Å². The molecule has 0 fully saturated rings. The second-order valence-electron chi connectivity index (χ2n) is 7.73. The van der Waals surface area contributed by atoms with Crippen LogP contribution in [0.25, 0.3) is 0 Å². The van der Waals surface area contributed by atoms with E-state index in [4.69, 9.17) is 16.3 Å². The molecule has 0 aromatic heterocycles. The van der Waals surface area contributed by atoms with Gasteiger partial charge in [-0.2, -0.15) is 13.2 Å². The quantitative estimate of drug-likeness (QED) is 0.362. The highest BCUT2D eigenvalue weighted by Gasteiger charge is 2.35. The summed E-state index contributed by atoms with van der Waals surface area (Å²) >= 11 is 5.71. The first-order chi connectivity index (χ1) is 17.4. The number of ether oxygens (including phenoxy) is 1. The molecule has 0 heterocycles. The molecule has 0 radical (unpaired) electrons. The van der Waals surface area contributed by atoms with Gasteiger partial charge in [-0.05, 0) is 61.9 Å². The van der Waals surface area contributed by atoms with Crippen molar-refractivity contribution in [3.8, 4) is 0 Å². The third-order valence-electron chi connectivity index (χ3n) is 5.26. The molecule has 37 heavy (non-hydrogen) atoms. The van der Waals surface area contributed by atoms with Crippen LogP contribution in [0.2, 0.25) is 5.02 Å². The summed E-state index contributed by atoms with van der Waals surface area (Å²) in [6, 6.07) is 14.0. The number of esters is 1. The van der Waals surface area contributed by atoms with Gasteiger partial charge in [0.25, 0.3) is 10.0 Å². The molecule has 0 atom stereocenters. The average Bonchev–Trinajstić information content (AvgIpc) is 2.84. The lowest BCUT2D eigenvalue weighted by Crippen LogP contribution is -2.38. The van der Waals surface area contributed by atoms with Crippen LogP contribution < -0.4 is 9.62 Å². The van der Waals surface area contributed by atoms with Crippen LogP contribution in [0.5, 0.6) is 0 Å². The van der Waals surface area contributed by atoms with E-state index in [0.717, 1.165) is 12.1 Å². The van der Waals surface area contributed by atoms with Crippen molar-refractivity contribution in [2.75, 3.05) is 22.8 Å². The number of nitrogens with zero attached hydrogens (tertiary/aromatic N) is 1. The standard InChI is InChI=1S/C25H22ClF3N2O5S/c1-3-36-24(33)19-10-7-11-22(16(19)2)30-23(32)15-31(37(34,35)18-8-5-4-6-9-18)17-12-13-21(26)20(14-17)25(27,28)29/h4-14H,3,15H2,1-2H3,(H,30,32). The Morgan fingerprint density at radius 2 is 1.70 bits per heavy atom. The van der Waals surface area contributed by atoms with E-state index >= 15 is 0 Å². The highest BCUT2D eigenvalue weighted by Crippen LogP contribution is 2.38. The predicted molar refractivity (Wildman–Crippen MR) is 133 cm³/mol. The zero-order valence-corrected chi connectivity index (χ0v) is 21.2. The number of anilines is 2. The molecule has 3 aromatic rings. The van der Waals surface area contributed by atoms with Crippen molar-refractivity contribution in [2.24, 2.45) is 0 Å². The number of hydrogen-bond acceptors (Lipinski definition) is 5. The van der Waals surface area contributed by atoms with Crippen molar-refractivity contribution >= 4 is 44.9 Å². The highest BCUT2D eigenvalue weighted by molar-refractivity contribution is 7.92. The van der Waals surface area contributed by atoms with Gasteiger partial charge < -0.3 is 10.1 Å². The van der Waals surface area contributed by atoms with E-state index in [0.29, 0.717) is 15.9 Å². The van der Waals surface area contributed by atoms with E-state index < -0.39 is 50.9 Å². The molecule has 3 aromatic carbocycles. The summed E-state index contributed by atoms with van der Waals surface area (Å²) in [6.07, 6.45) is -4.86. The lowest BCUT2D eigenvalue weighted by Gasteiger charge is -2.25. The van der Waals surface area contributed by atoms with Crippen molar-refractivity contribution in [1.29, 1.82) is 0 Å². The van der Waals surface area contributed by atoms with Crippen molar-refractivity contribution in [3.05, 3.63) is 88.4 Å². The minimum absolute atomic E-state index is 0.141. The van der Waals surface area contributed by atoms with Crippen molar-refractivity contribution in [3.63, 3.8) is 0 Å².